The molecule has 1 heterocycles. The summed E-state index contributed by atoms with van der Waals surface area (Å²) in [5.41, 5.74) is 0.501. The number of nitrogens with one attached hydrogen (secondary N) is 2. The number of urea groups is 1. The lowest BCUT2D eigenvalue weighted by atomic mass is 10.0. The van der Waals surface area contributed by atoms with Crippen molar-refractivity contribution < 1.29 is 26.8 Å². The summed E-state index contributed by atoms with van der Waals surface area (Å²) >= 11 is 0. The molecule has 0 aliphatic carbocycles. The summed E-state index contributed by atoms with van der Waals surface area (Å²) in [7, 11) is -2.83. The van der Waals surface area contributed by atoms with Gasteiger partial charge in [0.05, 0.1) is 4.90 Å². The van der Waals surface area contributed by atoms with Crippen molar-refractivity contribution in [3.63, 3.8) is 0 Å². The molecule has 1 atom stereocenters. The zero-order valence-electron chi connectivity index (χ0n) is 20.5. The number of sulfonamides is 1. The average molecular weight is 539 g/mol. The minimum absolute atomic E-state index is 0.0859. The van der Waals surface area contributed by atoms with Crippen molar-refractivity contribution in [2.24, 2.45) is 0 Å². The maximum atomic E-state index is 13.8. The molecule has 0 aliphatic heterocycles. The van der Waals surface area contributed by atoms with Crippen LogP contribution >= 0.6 is 0 Å². The summed E-state index contributed by atoms with van der Waals surface area (Å²) in [6, 6.07) is 15.3. The lowest BCUT2D eigenvalue weighted by molar-refractivity contribution is -0.120. The summed E-state index contributed by atoms with van der Waals surface area (Å²) in [6.07, 6.45) is 1.27. The number of carbonyl (C=O) groups excluding carboxylic acids is 2. The van der Waals surface area contributed by atoms with E-state index in [1.165, 1.54) is 24.1 Å². The zero-order valence-corrected chi connectivity index (χ0v) is 21.3. The maximum absolute atomic E-state index is 13.8. The third-order valence-corrected chi connectivity index (χ3v) is 7.36. The van der Waals surface area contributed by atoms with Crippen LogP contribution in [-0.4, -0.2) is 38.4 Å². The van der Waals surface area contributed by atoms with E-state index in [0.717, 1.165) is 22.9 Å². The summed E-state index contributed by atoms with van der Waals surface area (Å²) < 4.78 is 55.1. The second kappa shape index (κ2) is 10.9. The first-order valence-electron chi connectivity index (χ1n) is 11.5. The van der Waals surface area contributed by atoms with Crippen LogP contribution in [0, 0.1) is 18.6 Å². The van der Waals surface area contributed by atoms with Gasteiger partial charge >= 0.3 is 6.03 Å². The highest BCUT2D eigenvalue weighted by molar-refractivity contribution is 7.90. The van der Waals surface area contributed by atoms with Gasteiger partial charge in [0.25, 0.3) is 15.9 Å². The highest BCUT2D eigenvalue weighted by atomic mass is 32.2. The Morgan fingerprint density at radius 3 is 2.26 bits per heavy atom. The molecule has 1 aromatic heterocycles. The SMILES string of the molecule is Cc1ccccc1S(=O)(=O)NC(=O)NC(Cc1cc(F)cc(F)c1)C(=O)N(C)c1cc2ccccc2cn1. The van der Waals surface area contributed by atoms with Gasteiger partial charge in [-0.2, -0.15) is 0 Å². The Balaban J connectivity index is 1.61. The number of fused-ring (bicyclic) bond motifs is 1. The first-order chi connectivity index (χ1) is 18.0. The van der Waals surface area contributed by atoms with Crippen LogP contribution in [0.4, 0.5) is 19.4 Å². The molecule has 0 spiro atoms. The predicted octanol–water partition coefficient (Wildman–Crippen LogP) is 4.08. The van der Waals surface area contributed by atoms with E-state index in [9.17, 15) is 26.8 Å². The second-order valence-electron chi connectivity index (χ2n) is 8.67. The van der Waals surface area contributed by atoms with Crippen LogP contribution in [0.2, 0.25) is 0 Å². The lowest BCUT2D eigenvalue weighted by Crippen LogP contribution is -2.52. The van der Waals surface area contributed by atoms with Crippen molar-refractivity contribution in [3.05, 3.63) is 102 Å². The largest absolute Gasteiger partial charge is 0.329 e. The molecule has 196 valence electrons. The molecule has 0 radical (unpaired) electrons. The topological polar surface area (TPSA) is 108 Å². The molecular weight excluding hydrogens is 514 g/mol. The fraction of sp³-hybridized carbons (Fsp3) is 0.148. The number of aromatic nitrogens is 1. The molecule has 1 unspecified atom stereocenters. The van der Waals surface area contributed by atoms with Gasteiger partial charge in [-0.15, -0.1) is 0 Å². The molecule has 0 saturated carbocycles. The van der Waals surface area contributed by atoms with Crippen LogP contribution in [-0.2, 0) is 21.2 Å². The molecule has 38 heavy (non-hydrogen) atoms. The Bertz CT molecular complexity index is 1610. The van der Waals surface area contributed by atoms with Gasteiger partial charge < -0.3 is 5.32 Å². The number of likely N-dealkylation sites (N-methyl/N-ethyl adjacent to an activating group) is 1. The van der Waals surface area contributed by atoms with Gasteiger partial charge in [0.1, 0.15) is 23.5 Å². The molecule has 0 fully saturated rings. The molecule has 8 nitrogen and oxygen atoms in total. The van der Waals surface area contributed by atoms with Crippen molar-refractivity contribution in [1.82, 2.24) is 15.0 Å². The van der Waals surface area contributed by atoms with E-state index < -0.39 is 39.6 Å². The lowest BCUT2D eigenvalue weighted by Gasteiger charge is -2.24. The van der Waals surface area contributed by atoms with Gasteiger partial charge in [-0.1, -0.05) is 42.5 Å². The van der Waals surface area contributed by atoms with Gasteiger partial charge in [0.15, 0.2) is 0 Å². The molecule has 0 aliphatic rings. The van der Waals surface area contributed by atoms with Gasteiger partial charge in [-0.25, -0.2) is 31.7 Å². The van der Waals surface area contributed by atoms with E-state index in [-0.39, 0.29) is 22.7 Å². The van der Waals surface area contributed by atoms with Gasteiger partial charge in [0.2, 0.25) is 0 Å². The first kappa shape index (κ1) is 26.7. The smallest absolute Gasteiger partial charge is 0.325 e. The molecule has 4 aromatic rings. The molecule has 2 N–H and O–H groups in total. The Kier molecular flexibility index (Phi) is 7.67. The van der Waals surface area contributed by atoms with E-state index in [1.54, 1.807) is 31.3 Å². The quantitative estimate of drug-likeness (QED) is 0.369. The number of anilines is 1. The van der Waals surface area contributed by atoms with Gasteiger partial charge in [-0.3, -0.25) is 9.69 Å². The Hall–Kier alpha value is -4.38. The molecular formula is C27H24F2N4O4S. The predicted molar refractivity (Wildman–Crippen MR) is 139 cm³/mol. The minimum atomic E-state index is -4.26. The number of rotatable bonds is 7. The molecule has 0 bridgehead atoms. The summed E-state index contributed by atoms with van der Waals surface area (Å²) in [6.45, 7) is 1.57. The van der Waals surface area contributed by atoms with Gasteiger partial charge in [0, 0.05) is 31.1 Å². The number of hydrogen-bond acceptors (Lipinski definition) is 5. The van der Waals surface area contributed by atoms with Crippen LogP contribution in [0.5, 0.6) is 0 Å². The standard InChI is InChI=1S/C27H24F2N4O4S/c1-17-7-3-6-10-24(17)38(36,37)32-27(35)31-23(13-18-11-21(28)15-22(29)12-18)26(34)33(2)25-14-19-8-4-5-9-20(19)16-30-25/h3-12,14-16,23H,13H2,1-2H3,(H2,31,32,35). The fourth-order valence-corrected chi connectivity index (χ4v) is 5.15. The molecule has 0 saturated heterocycles. The van der Waals surface area contributed by atoms with E-state index >= 15 is 0 Å². The number of halogens is 2. The highest BCUT2D eigenvalue weighted by Crippen LogP contribution is 2.20. The van der Waals surface area contributed by atoms with Crippen LogP contribution in [0.3, 0.4) is 0 Å². The van der Waals surface area contributed by atoms with Crippen molar-refractivity contribution in [1.29, 1.82) is 0 Å². The zero-order chi connectivity index (χ0) is 27.4. The maximum Gasteiger partial charge on any atom is 0.329 e. The number of benzene rings is 3. The van der Waals surface area contributed by atoms with E-state index in [1.807, 2.05) is 29.0 Å². The van der Waals surface area contributed by atoms with Gasteiger partial charge in [-0.05, 0) is 47.7 Å². The van der Waals surface area contributed by atoms with Crippen LogP contribution in [0.1, 0.15) is 11.1 Å². The Morgan fingerprint density at radius 2 is 1.58 bits per heavy atom. The summed E-state index contributed by atoms with van der Waals surface area (Å²) in [5.74, 6) is -2.13. The van der Waals surface area contributed by atoms with Crippen molar-refractivity contribution in [3.8, 4) is 0 Å². The summed E-state index contributed by atoms with van der Waals surface area (Å²) in [5, 5.41) is 4.01. The summed E-state index contributed by atoms with van der Waals surface area (Å²) in [4.78, 5) is 31.6. The molecule has 3 aromatic carbocycles. The van der Waals surface area contributed by atoms with E-state index in [0.29, 0.717) is 11.6 Å². The van der Waals surface area contributed by atoms with Crippen molar-refractivity contribution in [2.45, 2.75) is 24.3 Å². The number of carbonyl (C=O) groups is 2. The highest BCUT2D eigenvalue weighted by Gasteiger charge is 2.28. The van der Waals surface area contributed by atoms with E-state index in [4.69, 9.17) is 0 Å². The molecule has 11 heteroatoms. The number of amides is 3. The Labute approximate surface area is 218 Å². The van der Waals surface area contributed by atoms with Crippen LogP contribution in [0.15, 0.2) is 83.9 Å². The minimum Gasteiger partial charge on any atom is -0.325 e. The third-order valence-electron chi connectivity index (χ3n) is 5.87. The number of aryl methyl sites for hydroxylation is 1. The molecule has 4 rings (SSSR count). The normalized spacial score (nSPS) is 12.1. The second-order valence-corrected chi connectivity index (χ2v) is 10.3. The fourth-order valence-electron chi connectivity index (χ4n) is 3.99. The van der Waals surface area contributed by atoms with Crippen LogP contribution < -0.4 is 14.9 Å². The third kappa shape index (κ3) is 6.12. The Morgan fingerprint density at radius 1 is 0.947 bits per heavy atom. The number of pyridine rings is 1. The average Bonchev–Trinajstić information content (AvgIpc) is 2.86. The van der Waals surface area contributed by atoms with Crippen molar-refractivity contribution in [2.75, 3.05) is 11.9 Å². The van der Waals surface area contributed by atoms with Crippen LogP contribution in [0.25, 0.3) is 10.8 Å². The molecule has 3 amide bonds. The number of nitrogens with zero attached hydrogens (tertiary/aromatic N) is 2. The van der Waals surface area contributed by atoms with Crippen molar-refractivity contribution >= 4 is 38.6 Å². The first-order valence-corrected chi connectivity index (χ1v) is 13.0. The monoisotopic (exact) mass is 538 g/mol. The number of hydrogen-bond donors (Lipinski definition) is 2. The van der Waals surface area contributed by atoms with E-state index in [2.05, 4.69) is 10.3 Å².